The quantitative estimate of drug-likeness (QED) is 0.800. The monoisotopic (exact) mass is 283 g/mol. The van der Waals surface area contributed by atoms with Gasteiger partial charge < -0.3 is 9.47 Å². The van der Waals surface area contributed by atoms with Gasteiger partial charge in [-0.2, -0.15) is 5.26 Å². The molecule has 0 aliphatic rings. The lowest BCUT2D eigenvalue weighted by atomic mass is 10.1. The van der Waals surface area contributed by atoms with Crippen molar-refractivity contribution in [1.29, 1.82) is 5.26 Å². The molecular formula is C11H10BrNO3. The lowest BCUT2D eigenvalue weighted by Gasteiger charge is -2.09. The van der Waals surface area contributed by atoms with Crippen LogP contribution in [-0.2, 0) is 4.74 Å². The lowest BCUT2D eigenvalue weighted by Crippen LogP contribution is -2.07. The molecule has 0 saturated heterocycles. The van der Waals surface area contributed by atoms with Crippen molar-refractivity contribution in [3.05, 3.63) is 27.7 Å². The number of ether oxygens (including phenoxy) is 2. The molecule has 0 atom stereocenters. The minimum absolute atomic E-state index is 0.246. The average molecular weight is 284 g/mol. The SMILES string of the molecule is CCOC(=O)c1cc(C#N)cc(Br)c1OC. The summed E-state index contributed by atoms with van der Waals surface area (Å²) in [5.41, 5.74) is 0.617. The molecule has 0 N–H and O–H groups in total. The molecule has 0 bridgehead atoms. The molecule has 0 unspecified atom stereocenters. The fraction of sp³-hybridized carbons (Fsp3) is 0.273. The molecule has 0 saturated carbocycles. The largest absolute Gasteiger partial charge is 0.495 e. The van der Waals surface area contributed by atoms with Gasteiger partial charge in [0, 0.05) is 0 Å². The molecule has 1 aromatic carbocycles. The molecule has 16 heavy (non-hydrogen) atoms. The van der Waals surface area contributed by atoms with Crippen LogP contribution in [0, 0.1) is 11.3 Å². The highest BCUT2D eigenvalue weighted by atomic mass is 79.9. The molecule has 1 rings (SSSR count). The predicted molar refractivity (Wildman–Crippen MR) is 61.4 cm³/mol. The van der Waals surface area contributed by atoms with E-state index >= 15 is 0 Å². The van der Waals surface area contributed by atoms with E-state index in [2.05, 4.69) is 15.9 Å². The van der Waals surface area contributed by atoms with Gasteiger partial charge >= 0.3 is 5.97 Å². The van der Waals surface area contributed by atoms with Gasteiger partial charge in [-0.25, -0.2) is 4.79 Å². The first-order valence-electron chi connectivity index (χ1n) is 4.58. The van der Waals surface area contributed by atoms with Gasteiger partial charge in [-0.05, 0) is 35.0 Å². The van der Waals surface area contributed by atoms with Crippen LogP contribution in [-0.4, -0.2) is 19.7 Å². The summed E-state index contributed by atoms with van der Waals surface area (Å²) < 4.78 is 10.5. The predicted octanol–water partition coefficient (Wildman–Crippen LogP) is 2.51. The molecule has 1 aromatic rings. The van der Waals surface area contributed by atoms with E-state index in [-0.39, 0.29) is 12.2 Å². The number of carbonyl (C=O) groups excluding carboxylic acids is 1. The zero-order valence-corrected chi connectivity index (χ0v) is 10.5. The summed E-state index contributed by atoms with van der Waals surface area (Å²) >= 11 is 3.23. The molecule has 0 radical (unpaired) electrons. The number of methoxy groups -OCH3 is 1. The van der Waals surface area contributed by atoms with E-state index in [0.717, 1.165) is 0 Å². The van der Waals surface area contributed by atoms with Crippen molar-refractivity contribution in [2.45, 2.75) is 6.92 Å². The zero-order chi connectivity index (χ0) is 12.1. The van der Waals surface area contributed by atoms with Crippen molar-refractivity contribution in [3.63, 3.8) is 0 Å². The topological polar surface area (TPSA) is 59.3 Å². The molecule has 0 aliphatic carbocycles. The van der Waals surface area contributed by atoms with E-state index < -0.39 is 5.97 Å². The Balaban J connectivity index is 3.29. The maximum absolute atomic E-state index is 11.6. The molecule has 84 valence electrons. The smallest absolute Gasteiger partial charge is 0.341 e. The number of rotatable bonds is 3. The van der Waals surface area contributed by atoms with Crippen molar-refractivity contribution >= 4 is 21.9 Å². The van der Waals surface area contributed by atoms with E-state index in [1.807, 2.05) is 6.07 Å². The first-order chi connectivity index (χ1) is 7.63. The normalized spacial score (nSPS) is 9.38. The van der Waals surface area contributed by atoms with E-state index in [1.54, 1.807) is 13.0 Å². The molecular weight excluding hydrogens is 274 g/mol. The molecule has 0 heterocycles. The number of carbonyl (C=O) groups is 1. The van der Waals surface area contributed by atoms with Crippen LogP contribution in [0.25, 0.3) is 0 Å². The number of halogens is 1. The Morgan fingerprint density at radius 3 is 2.75 bits per heavy atom. The Kier molecular flexibility index (Phi) is 4.32. The summed E-state index contributed by atoms with van der Waals surface area (Å²) in [7, 11) is 1.45. The van der Waals surface area contributed by atoms with Gasteiger partial charge in [0.2, 0.25) is 0 Å². The summed E-state index contributed by atoms with van der Waals surface area (Å²) in [6.07, 6.45) is 0. The van der Waals surface area contributed by atoms with Crippen LogP contribution in [0.5, 0.6) is 5.75 Å². The second kappa shape index (κ2) is 5.52. The minimum atomic E-state index is -0.503. The highest BCUT2D eigenvalue weighted by molar-refractivity contribution is 9.10. The van der Waals surface area contributed by atoms with Gasteiger partial charge in [0.15, 0.2) is 0 Å². The Hall–Kier alpha value is -1.54. The Morgan fingerprint density at radius 1 is 1.56 bits per heavy atom. The fourth-order valence-corrected chi connectivity index (χ4v) is 1.85. The van der Waals surface area contributed by atoms with E-state index in [4.69, 9.17) is 14.7 Å². The van der Waals surface area contributed by atoms with E-state index in [1.165, 1.54) is 13.2 Å². The number of nitrogens with zero attached hydrogens (tertiary/aromatic N) is 1. The van der Waals surface area contributed by atoms with Gasteiger partial charge in [0.25, 0.3) is 0 Å². The minimum Gasteiger partial charge on any atom is -0.495 e. The second-order valence-corrected chi connectivity index (χ2v) is 3.73. The van der Waals surface area contributed by atoms with Gasteiger partial charge in [0.05, 0.1) is 29.8 Å². The van der Waals surface area contributed by atoms with Crippen molar-refractivity contribution in [1.82, 2.24) is 0 Å². The molecule has 0 spiro atoms. The van der Waals surface area contributed by atoms with Gasteiger partial charge in [-0.3, -0.25) is 0 Å². The molecule has 0 aromatic heterocycles. The van der Waals surface area contributed by atoms with Crippen molar-refractivity contribution in [2.24, 2.45) is 0 Å². The van der Waals surface area contributed by atoms with Gasteiger partial charge in [-0.1, -0.05) is 0 Å². The molecule has 0 aliphatic heterocycles. The van der Waals surface area contributed by atoms with E-state index in [9.17, 15) is 4.79 Å². The summed E-state index contributed by atoms with van der Waals surface area (Å²) in [4.78, 5) is 11.6. The number of hydrogen-bond donors (Lipinski definition) is 0. The number of esters is 1. The van der Waals surface area contributed by atoms with Crippen LogP contribution in [0.3, 0.4) is 0 Å². The Morgan fingerprint density at radius 2 is 2.25 bits per heavy atom. The third-order valence-electron chi connectivity index (χ3n) is 1.87. The van der Waals surface area contributed by atoms with Crippen LogP contribution >= 0.6 is 15.9 Å². The highest BCUT2D eigenvalue weighted by Gasteiger charge is 2.17. The fourth-order valence-electron chi connectivity index (χ4n) is 1.23. The average Bonchev–Trinajstić information content (AvgIpc) is 2.28. The summed E-state index contributed by atoms with van der Waals surface area (Å²) in [5.74, 6) is -0.130. The summed E-state index contributed by atoms with van der Waals surface area (Å²) in [5, 5.41) is 8.80. The molecule has 0 fully saturated rings. The Bertz CT molecular complexity index is 451. The summed E-state index contributed by atoms with van der Waals surface area (Å²) in [6.45, 7) is 1.99. The molecule has 4 nitrogen and oxygen atoms in total. The zero-order valence-electron chi connectivity index (χ0n) is 8.91. The first-order valence-corrected chi connectivity index (χ1v) is 5.38. The van der Waals surface area contributed by atoms with Crippen molar-refractivity contribution in [3.8, 4) is 11.8 Å². The maximum Gasteiger partial charge on any atom is 0.341 e. The molecule has 0 amide bonds. The standard InChI is InChI=1S/C11H10BrNO3/c1-3-16-11(14)8-4-7(6-13)5-9(12)10(8)15-2/h4-5H,3H2,1-2H3. The molecule has 5 heteroatoms. The second-order valence-electron chi connectivity index (χ2n) is 2.87. The lowest BCUT2D eigenvalue weighted by molar-refractivity contribution is 0.0522. The van der Waals surface area contributed by atoms with Crippen LogP contribution in [0.2, 0.25) is 0 Å². The van der Waals surface area contributed by atoms with Gasteiger partial charge in [0.1, 0.15) is 11.3 Å². The first kappa shape index (κ1) is 12.5. The van der Waals surface area contributed by atoms with Gasteiger partial charge in [-0.15, -0.1) is 0 Å². The van der Waals surface area contributed by atoms with Crippen LogP contribution in [0.1, 0.15) is 22.8 Å². The number of hydrogen-bond acceptors (Lipinski definition) is 4. The number of benzene rings is 1. The maximum atomic E-state index is 11.6. The Labute approximate surface area is 102 Å². The summed E-state index contributed by atoms with van der Waals surface area (Å²) in [6, 6.07) is 4.99. The van der Waals surface area contributed by atoms with Crippen LogP contribution in [0.4, 0.5) is 0 Å². The third kappa shape index (κ3) is 2.52. The highest BCUT2D eigenvalue weighted by Crippen LogP contribution is 2.30. The third-order valence-corrected chi connectivity index (χ3v) is 2.46. The number of nitriles is 1. The van der Waals surface area contributed by atoms with Crippen LogP contribution in [0.15, 0.2) is 16.6 Å². The van der Waals surface area contributed by atoms with Crippen molar-refractivity contribution in [2.75, 3.05) is 13.7 Å². The van der Waals surface area contributed by atoms with Crippen LogP contribution < -0.4 is 4.74 Å². The van der Waals surface area contributed by atoms with Crippen molar-refractivity contribution < 1.29 is 14.3 Å². The van der Waals surface area contributed by atoms with E-state index in [0.29, 0.717) is 15.8 Å².